The molecule has 1 aromatic heterocycles. The zero-order valence-corrected chi connectivity index (χ0v) is 23.8. The van der Waals surface area contributed by atoms with Gasteiger partial charge >= 0.3 is 12.0 Å². The second kappa shape index (κ2) is 14.7. The molecule has 214 valence electrons. The molecule has 2 N–H and O–H groups in total. The largest absolute Gasteiger partial charge is 0.462 e. The van der Waals surface area contributed by atoms with Gasteiger partial charge in [-0.15, -0.1) is 0 Å². The van der Waals surface area contributed by atoms with Gasteiger partial charge in [-0.1, -0.05) is 61.9 Å². The Morgan fingerprint density at radius 2 is 1.59 bits per heavy atom. The molecule has 0 aliphatic rings. The Bertz CT molecular complexity index is 1430. The van der Waals surface area contributed by atoms with Crippen LogP contribution in [-0.2, 0) is 22.5 Å². The number of aromatic amines is 1. The van der Waals surface area contributed by atoms with Gasteiger partial charge in [-0.05, 0) is 61.2 Å². The average Bonchev–Trinajstić information content (AvgIpc) is 3.41. The maximum absolute atomic E-state index is 13.7. The zero-order chi connectivity index (χ0) is 29.0. The molecule has 0 bridgehead atoms. The van der Waals surface area contributed by atoms with Crippen molar-refractivity contribution in [2.45, 2.75) is 39.7 Å². The third kappa shape index (κ3) is 8.20. The minimum Gasteiger partial charge on any atom is -0.462 e. The number of nitrogens with one attached hydrogen (secondary N) is 2. The highest BCUT2D eigenvalue weighted by Gasteiger charge is 2.22. The summed E-state index contributed by atoms with van der Waals surface area (Å²) in [6.07, 6.45) is 4.36. The summed E-state index contributed by atoms with van der Waals surface area (Å²) < 4.78 is 5.03. The van der Waals surface area contributed by atoms with Crippen molar-refractivity contribution in [3.8, 4) is 0 Å². The monoisotopic (exact) mass is 554 g/mol. The van der Waals surface area contributed by atoms with E-state index in [0.717, 1.165) is 34.9 Å². The van der Waals surface area contributed by atoms with Crippen LogP contribution < -0.4 is 5.32 Å². The van der Waals surface area contributed by atoms with Gasteiger partial charge in [0.15, 0.2) is 0 Å². The van der Waals surface area contributed by atoms with E-state index in [1.807, 2.05) is 59.6 Å². The number of nitrogens with zero attached hydrogens (tertiary/aromatic N) is 2. The second-order valence-corrected chi connectivity index (χ2v) is 9.91. The number of urea groups is 1. The minimum absolute atomic E-state index is 0.0343. The molecular formula is C33H38N4O4. The lowest BCUT2D eigenvalue weighted by Gasteiger charge is -2.28. The van der Waals surface area contributed by atoms with Crippen molar-refractivity contribution in [3.05, 3.63) is 102 Å². The first-order valence-corrected chi connectivity index (χ1v) is 14.2. The lowest BCUT2D eigenvalue weighted by molar-refractivity contribution is -0.132. The Morgan fingerprint density at radius 3 is 2.32 bits per heavy atom. The van der Waals surface area contributed by atoms with E-state index in [1.165, 1.54) is 0 Å². The van der Waals surface area contributed by atoms with Gasteiger partial charge < -0.3 is 24.8 Å². The Kier molecular flexibility index (Phi) is 10.5. The first kappa shape index (κ1) is 29.4. The Labute approximate surface area is 241 Å². The van der Waals surface area contributed by atoms with Gasteiger partial charge in [0.2, 0.25) is 5.91 Å². The molecule has 41 heavy (non-hydrogen) atoms. The molecule has 0 radical (unpaired) electrons. The van der Waals surface area contributed by atoms with E-state index in [1.54, 1.807) is 36.1 Å². The van der Waals surface area contributed by atoms with Crippen molar-refractivity contribution in [2.24, 2.45) is 0 Å². The quantitative estimate of drug-likeness (QED) is 0.191. The maximum Gasteiger partial charge on any atom is 0.338 e. The SMILES string of the molecule is CCCCN(CC(=O)N(CCc1c[nH]c2ccccc12)Cc1ccccc1)C(=O)Nc1ccc(C(=O)OCC)cc1. The normalized spacial score (nSPS) is 10.8. The summed E-state index contributed by atoms with van der Waals surface area (Å²) >= 11 is 0. The molecule has 4 aromatic rings. The summed E-state index contributed by atoms with van der Waals surface area (Å²) in [4.78, 5) is 45.7. The van der Waals surface area contributed by atoms with Crippen molar-refractivity contribution < 1.29 is 19.1 Å². The average molecular weight is 555 g/mol. The van der Waals surface area contributed by atoms with Crippen molar-refractivity contribution in [3.63, 3.8) is 0 Å². The number of ether oxygens (including phenoxy) is 1. The molecular weight excluding hydrogens is 516 g/mol. The van der Waals surface area contributed by atoms with E-state index in [4.69, 9.17) is 4.74 Å². The van der Waals surface area contributed by atoms with E-state index in [-0.39, 0.29) is 18.5 Å². The molecule has 3 aromatic carbocycles. The predicted molar refractivity (Wildman–Crippen MR) is 162 cm³/mol. The number of anilines is 1. The highest BCUT2D eigenvalue weighted by Crippen LogP contribution is 2.19. The van der Waals surface area contributed by atoms with E-state index in [2.05, 4.69) is 23.3 Å². The smallest absolute Gasteiger partial charge is 0.338 e. The standard InChI is InChI=1S/C33H38N4O4/c1-3-5-20-37(33(40)35-28-17-15-26(16-18-28)32(39)41-4-2)24-31(38)36(23-25-11-7-6-8-12-25)21-19-27-22-34-30-14-10-9-13-29(27)30/h6-18,22,34H,3-5,19-21,23-24H2,1-2H3,(H,35,40). The van der Waals surface area contributed by atoms with Gasteiger partial charge in [-0.25, -0.2) is 9.59 Å². The van der Waals surface area contributed by atoms with Gasteiger partial charge in [0.05, 0.1) is 12.2 Å². The maximum atomic E-state index is 13.7. The number of fused-ring (bicyclic) bond motifs is 1. The van der Waals surface area contributed by atoms with Crippen LogP contribution in [0.2, 0.25) is 0 Å². The molecule has 0 atom stereocenters. The fraction of sp³-hybridized carbons (Fsp3) is 0.303. The fourth-order valence-corrected chi connectivity index (χ4v) is 4.66. The molecule has 0 aliphatic heterocycles. The molecule has 0 unspecified atom stereocenters. The van der Waals surface area contributed by atoms with Gasteiger partial charge in [0.25, 0.3) is 0 Å². The van der Waals surface area contributed by atoms with E-state index in [0.29, 0.717) is 43.9 Å². The number of unbranched alkanes of at least 4 members (excludes halogenated alkanes) is 1. The highest BCUT2D eigenvalue weighted by molar-refractivity contribution is 5.94. The van der Waals surface area contributed by atoms with Crippen molar-refractivity contribution >= 4 is 34.5 Å². The van der Waals surface area contributed by atoms with Gasteiger partial charge in [-0.2, -0.15) is 0 Å². The minimum atomic E-state index is -0.410. The number of rotatable bonds is 13. The molecule has 0 saturated carbocycles. The summed E-state index contributed by atoms with van der Waals surface area (Å²) in [7, 11) is 0. The molecule has 3 amide bonds. The van der Waals surface area contributed by atoms with Crippen molar-refractivity contribution in [1.29, 1.82) is 0 Å². The van der Waals surface area contributed by atoms with Crippen molar-refractivity contribution in [1.82, 2.24) is 14.8 Å². The summed E-state index contributed by atoms with van der Waals surface area (Å²) in [5.41, 5.74) is 4.21. The molecule has 8 heteroatoms. The highest BCUT2D eigenvalue weighted by atomic mass is 16.5. The molecule has 1 heterocycles. The van der Waals surface area contributed by atoms with E-state index < -0.39 is 5.97 Å². The first-order chi connectivity index (χ1) is 20.0. The topological polar surface area (TPSA) is 94.7 Å². The third-order valence-electron chi connectivity index (χ3n) is 6.94. The van der Waals surface area contributed by atoms with Crippen LogP contribution in [0.4, 0.5) is 10.5 Å². The van der Waals surface area contributed by atoms with Gasteiger partial charge in [-0.3, -0.25) is 4.79 Å². The number of carbonyl (C=O) groups excluding carboxylic acids is 3. The number of benzene rings is 3. The van der Waals surface area contributed by atoms with E-state index >= 15 is 0 Å². The zero-order valence-electron chi connectivity index (χ0n) is 23.8. The molecule has 0 saturated heterocycles. The summed E-state index contributed by atoms with van der Waals surface area (Å²) in [6.45, 7) is 5.50. The summed E-state index contributed by atoms with van der Waals surface area (Å²) in [5.74, 6) is -0.524. The van der Waals surface area contributed by atoms with Gasteiger partial charge in [0.1, 0.15) is 6.54 Å². The van der Waals surface area contributed by atoms with Crippen LogP contribution >= 0.6 is 0 Å². The second-order valence-electron chi connectivity index (χ2n) is 9.91. The molecule has 8 nitrogen and oxygen atoms in total. The first-order valence-electron chi connectivity index (χ1n) is 14.2. The third-order valence-corrected chi connectivity index (χ3v) is 6.94. The van der Waals surface area contributed by atoms with Crippen LogP contribution in [0, 0.1) is 0 Å². The summed E-state index contributed by atoms with van der Waals surface area (Å²) in [5, 5.41) is 4.03. The molecule has 0 fully saturated rings. The lowest BCUT2D eigenvalue weighted by Crippen LogP contribution is -2.45. The van der Waals surface area contributed by atoms with Crippen LogP contribution in [0.25, 0.3) is 10.9 Å². The number of H-pyrrole nitrogens is 1. The van der Waals surface area contributed by atoms with Crippen LogP contribution in [0.15, 0.2) is 85.1 Å². The predicted octanol–water partition coefficient (Wildman–Crippen LogP) is 6.25. The summed E-state index contributed by atoms with van der Waals surface area (Å²) in [6, 6.07) is 24.2. The van der Waals surface area contributed by atoms with Crippen molar-refractivity contribution in [2.75, 3.05) is 31.6 Å². The van der Waals surface area contributed by atoms with Crippen LogP contribution in [-0.4, -0.2) is 58.9 Å². The fourth-order valence-electron chi connectivity index (χ4n) is 4.66. The Morgan fingerprint density at radius 1 is 0.854 bits per heavy atom. The Hall–Kier alpha value is -4.59. The number of hydrogen-bond donors (Lipinski definition) is 2. The number of para-hydroxylation sites is 1. The van der Waals surface area contributed by atoms with Gasteiger partial charge in [0, 0.05) is 42.4 Å². The van der Waals surface area contributed by atoms with Crippen LogP contribution in [0.3, 0.4) is 0 Å². The lowest BCUT2D eigenvalue weighted by atomic mass is 10.1. The number of hydrogen-bond acceptors (Lipinski definition) is 4. The van der Waals surface area contributed by atoms with Crippen LogP contribution in [0.1, 0.15) is 48.2 Å². The number of aromatic nitrogens is 1. The molecule has 4 rings (SSSR count). The Balaban J connectivity index is 1.46. The van der Waals surface area contributed by atoms with E-state index in [9.17, 15) is 14.4 Å². The molecule has 0 aliphatic carbocycles. The number of amides is 3. The number of carbonyl (C=O) groups is 3. The van der Waals surface area contributed by atoms with Crippen LogP contribution in [0.5, 0.6) is 0 Å². The number of esters is 1. The molecule has 0 spiro atoms.